The van der Waals surface area contributed by atoms with E-state index in [0.29, 0.717) is 5.39 Å². The number of aromatic nitrogens is 1. The minimum absolute atomic E-state index is 0.0180. The molecule has 22 heavy (non-hydrogen) atoms. The topological polar surface area (TPSA) is 12.9 Å². The number of benzene rings is 2. The lowest BCUT2D eigenvalue weighted by Crippen LogP contribution is -2.07. The third kappa shape index (κ3) is 2.61. The van der Waals surface area contributed by atoms with Crippen LogP contribution in [0.1, 0.15) is 11.1 Å². The van der Waals surface area contributed by atoms with Crippen molar-refractivity contribution in [2.45, 2.75) is 13.1 Å². The highest BCUT2D eigenvalue weighted by molar-refractivity contribution is 9.10. The average molecular weight is 366 g/mol. The van der Waals surface area contributed by atoms with E-state index >= 15 is 0 Å². The first-order valence-corrected chi connectivity index (χ1v) is 7.38. The minimum atomic E-state index is -4.42. The van der Waals surface area contributed by atoms with Gasteiger partial charge in [-0.1, -0.05) is 40.2 Å². The van der Waals surface area contributed by atoms with Gasteiger partial charge in [0.1, 0.15) is 0 Å². The molecule has 0 radical (unpaired) electrons. The second-order valence-electron chi connectivity index (χ2n) is 5.03. The zero-order valence-corrected chi connectivity index (χ0v) is 13.2. The van der Waals surface area contributed by atoms with Crippen LogP contribution in [-0.4, -0.2) is 4.98 Å². The van der Waals surface area contributed by atoms with Crippen molar-refractivity contribution in [1.82, 2.24) is 4.98 Å². The molecule has 0 fully saturated rings. The molecule has 1 heterocycles. The number of aryl methyl sites for hydroxylation is 1. The van der Waals surface area contributed by atoms with Crippen LogP contribution in [0.5, 0.6) is 0 Å². The third-order valence-corrected chi connectivity index (χ3v) is 4.00. The van der Waals surface area contributed by atoms with Crippen LogP contribution in [0.15, 0.2) is 53.1 Å². The molecule has 2 aromatic carbocycles. The fourth-order valence-electron chi connectivity index (χ4n) is 2.58. The Bertz CT molecular complexity index is 856. The van der Waals surface area contributed by atoms with E-state index in [1.165, 1.54) is 12.3 Å². The molecule has 1 aromatic heterocycles. The Morgan fingerprint density at radius 2 is 1.77 bits per heavy atom. The Balaban J connectivity index is 2.38. The number of pyridine rings is 1. The minimum Gasteiger partial charge on any atom is -0.255 e. The van der Waals surface area contributed by atoms with Gasteiger partial charge in [0.05, 0.1) is 11.1 Å². The predicted molar refractivity (Wildman–Crippen MR) is 84.6 cm³/mol. The summed E-state index contributed by atoms with van der Waals surface area (Å²) in [5.74, 6) is 0. The molecule has 0 bridgehead atoms. The van der Waals surface area contributed by atoms with Gasteiger partial charge in [-0.25, -0.2) is 0 Å². The highest BCUT2D eigenvalue weighted by Crippen LogP contribution is 2.38. The fourth-order valence-corrected chi connectivity index (χ4v) is 2.98. The molecule has 0 atom stereocenters. The van der Waals surface area contributed by atoms with Crippen molar-refractivity contribution in [1.29, 1.82) is 0 Å². The number of hydrogen-bond acceptors (Lipinski definition) is 1. The van der Waals surface area contributed by atoms with Crippen molar-refractivity contribution in [3.8, 4) is 11.1 Å². The van der Waals surface area contributed by atoms with Crippen LogP contribution in [0.3, 0.4) is 0 Å². The van der Waals surface area contributed by atoms with E-state index in [-0.39, 0.29) is 5.52 Å². The summed E-state index contributed by atoms with van der Waals surface area (Å²) >= 11 is 3.40. The normalized spacial score (nSPS) is 11.9. The van der Waals surface area contributed by atoms with Crippen LogP contribution in [0.2, 0.25) is 0 Å². The van der Waals surface area contributed by atoms with Gasteiger partial charge in [-0.3, -0.25) is 4.98 Å². The Labute approximate surface area is 133 Å². The molecule has 1 nitrogen and oxygen atoms in total. The number of alkyl halides is 3. The van der Waals surface area contributed by atoms with E-state index in [1.54, 1.807) is 6.07 Å². The van der Waals surface area contributed by atoms with Gasteiger partial charge in [0.2, 0.25) is 0 Å². The Morgan fingerprint density at radius 1 is 1.05 bits per heavy atom. The third-order valence-electron chi connectivity index (χ3n) is 3.51. The lowest BCUT2D eigenvalue weighted by Gasteiger charge is -2.14. The Kier molecular flexibility index (Phi) is 3.68. The van der Waals surface area contributed by atoms with E-state index in [0.717, 1.165) is 27.2 Å². The molecule has 0 aliphatic rings. The molecule has 0 unspecified atom stereocenters. The molecule has 112 valence electrons. The molecule has 3 aromatic rings. The summed E-state index contributed by atoms with van der Waals surface area (Å²) in [4.78, 5) is 4.02. The first-order chi connectivity index (χ1) is 10.4. The summed E-state index contributed by atoms with van der Waals surface area (Å²) in [6, 6.07) is 11.7. The molecule has 0 saturated carbocycles. The van der Waals surface area contributed by atoms with Crippen molar-refractivity contribution in [2.75, 3.05) is 0 Å². The van der Waals surface area contributed by atoms with E-state index in [1.807, 2.05) is 31.2 Å². The van der Waals surface area contributed by atoms with E-state index < -0.39 is 11.7 Å². The second kappa shape index (κ2) is 5.39. The molecule has 0 aliphatic heterocycles. The lowest BCUT2D eigenvalue weighted by atomic mass is 9.95. The predicted octanol–water partition coefficient (Wildman–Crippen LogP) is 5.99. The summed E-state index contributed by atoms with van der Waals surface area (Å²) in [6.07, 6.45) is -2.93. The van der Waals surface area contributed by atoms with Gasteiger partial charge in [0, 0.05) is 16.1 Å². The number of rotatable bonds is 1. The van der Waals surface area contributed by atoms with Gasteiger partial charge in [0.25, 0.3) is 0 Å². The highest BCUT2D eigenvalue weighted by Gasteiger charge is 2.33. The largest absolute Gasteiger partial charge is 0.418 e. The maximum absolute atomic E-state index is 13.2. The SMILES string of the molecule is Cc1cnc2c(C(F)(F)F)cccc2c1-c1cccc(Br)c1. The van der Waals surface area contributed by atoms with Crippen LogP contribution in [0.4, 0.5) is 13.2 Å². The molecular formula is C17H11BrF3N. The average Bonchev–Trinajstić information content (AvgIpc) is 2.45. The Hall–Kier alpha value is -1.88. The Morgan fingerprint density at radius 3 is 2.45 bits per heavy atom. The van der Waals surface area contributed by atoms with E-state index in [2.05, 4.69) is 20.9 Å². The maximum atomic E-state index is 13.2. The zero-order valence-electron chi connectivity index (χ0n) is 11.6. The molecule has 0 aliphatic carbocycles. The van der Waals surface area contributed by atoms with Crippen molar-refractivity contribution in [3.63, 3.8) is 0 Å². The second-order valence-corrected chi connectivity index (χ2v) is 5.94. The fraction of sp³-hybridized carbons (Fsp3) is 0.118. The summed E-state index contributed by atoms with van der Waals surface area (Å²) in [7, 11) is 0. The quantitative estimate of drug-likeness (QED) is 0.515. The standard InChI is InChI=1S/C17H11BrF3N/c1-10-9-22-16-13(6-3-7-14(16)17(19,20)21)15(10)11-4-2-5-12(18)8-11/h2-9H,1H3. The van der Waals surface area contributed by atoms with Gasteiger partial charge in [0.15, 0.2) is 0 Å². The van der Waals surface area contributed by atoms with E-state index in [9.17, 15) is 13.2 Å². The maximum Gasteiger partial charge on any atom is 0.418 e. The number of fused-ring (bicyclic) bond motifs is 1. The van der Waals surface area contributed by atoms with Crippen LogP contribution in [-0.2, 0) is 6.18 Å². The summed E-state index contributed by atoms with van der Waals surface area (Å²) in [5.41, 5.74) is 1.75. The van der Waals surface area contributed by atoms with Crippen LogP contribution >= 0.6 is 15.9 Å². The van der Waals surface area contributed by atoms with Crippen LogP contribution < -0.4 is 0 Å². The summed E-state index contributed by atoms with van der Waals surface area (Å²) in [6.45, 7) is 1.85. The van der Waals surface area contributed by atoms with Gasteiger partial charge in [-0.2, -0.15) is 13.2 Å². The van der Waals surface area contributed by atoms with E-state index in [4.69, 9.17) is 0 Å². The van der Waals surface area contributed by atoms with Crippen molar-refractivity contribution in [3.05, 3.63) is 64.3 Å². The highest BCUT2D eigenvalue weighted by atomic mass is 79.9. The van der Waals surface area contributed by atoms with Gasteiger partial charge in [-0.05, 0) is 41.8 Å². The molecule has 0 spiro atoms. The van der Waals surface area contributed by atoms with Gasteiger partial charge >= 0.3 is 6.18 Å². The number of nitrogens with zero attached hydrogens (tertiary/aromatic N) is 1. The number of halogens is 4. The molecule has 0 N–H and O–H groups in total. The zero-order chi connectivity index (χ0) is 15.9. The monoisotopic (exact) mass is 365 g/mol. The molecule has 0 amide bonds. The van der Waals surface area contributed by atoms with Crippen LogP contribution in [0, 0.1) is 6.92 Å². The molecular weight excluding hydrogens is 355 g/mol. The summed E-state index contributed by atoms with van der Waals surface area (Å²) in [5, 5.41) is 0.507. The molecule has 5 heteroatoms. The lowest BCUT2D eigenvalue weighted by molar-refractivity contribution is -0.136. The smallest absolute Gasteiger partial charge is 0.255 e. The first kappa shape index (κ1) is 15.0. The molecule has 3 rings (SSSR count). The van der Waals surface area contributed by atoms with Gasteiger partial charge < -0.3 is 0 Å². The summed E-state index contributed by atoms with van der Waals surface area (Å²) < 4.78 is 40.4. The first-order valence-electron chi connectivity index (χ1n) is 6.59. The number of para-hydroxylation sites is 1. The van der Waals surface area contributed by atoms with Crippen LogP contribution in [0.25, 0.3) is 22.0 Å². The van der Waals surface area contributed by atoms with Crippen molar-refractivity contribution in [2.24, 2.45) is 0 Å². The molecule has 0 saturated heterocycles. The van der Waals surface area contributed by atoms with Gasteiger partial charge in [-0.15, -0.1) is 0 Å². The number of hydrogen-bond donors (Lipinski definition) is 0. The van der Waals surface area contributed by atoms with Crippen molar-refractivity contribution < 1.29 is 13.2 Å². The van der Waals surface area contributed by atoms with Crippen molar-refractivity contribution >= 4 is 26.8 Å².